The zero-order valence-electron chi connectivity index (χ0n) is 8.85. The van der Waals surface area contributed by atoms with Crippen molar-refractivity contribution in [3.05, 3.63) is 46.0 Å². The Bertz CT molecular complexity index is 489. The van der Waals surface area contributed by atoms with Crippen LogP contribution in [0.4, 0.5) is 5.69 Å². The van der Waals surface area contributed by atoms with Gasteiger partial charge in [0.15, 0.2) is 0 Å². The molecule has 17 heavy (non-hydrogen) atoms. The third-order valence-corrected chi connectivity index (χ3v) is 1.70. The Morgan fingerprint density at radius 1 is 1.41 bits per heavy atom. The van der Waals surface area contributed by atoms with Crippen molar-refractivity contribution in [2.24, 2.45) is 21.7 Å². The molecule has 0 aliphatic carbocycles. The summed E-state index contributed by atoms with van der Waals surface area (Å²) in [6.45, 7) is 0. The van der Waals surface area contributed by atoms with Gasteiger partial charge in [0.05, 0.1) is 4.92 Å². The highest BCUT2D eigenvalue weighted by molar-refractivity contribution is 5.80. The van der Waals surface area contributed by atoms with Crippen molar-refractivity contribution in [3.8, 4) is 0 Å². The summed E-state index contributed by atoms with van der Waals surface area (Å²) < 4.78 is 0. The van der Waals surface area contributed by atoms with Gasteiger partial charge < -0.3 is 11.5 Å². The van der Waals surface area contributed by atoms with Gasteiger partial charge in [-0.15, -0.1) is 5.10 Å². The van der Waals surface area contributed by atoms with Crippen LogP contribution in [-0.4, -0.2) is 17.1 Å². The number of non-ortho nitro benzene ring substituents is 1. The van der Waals surface area contributed by atoms with E-state index in [-0.39, 0.29) is 11.6 Å². The molecule has 0 unspecified atom stereocenters. The minimum absolute atomic E-state index is 0.0355. The molecule has 7 heteroatoms. The molecule has 0 fully saturated rings. The Kier molecular flexibility index (Phi) is 4.37. The molecule has 88 valence electrons. The van der Waals surface area contributed by atoms with Gasteiger partial charge in [-0.3, -0.25) is 10.1 Å². The van der Waals surface area contributed by atoms with Gasteiger partial charge in [-0.25, -0.2) is 0 Å². The van der Waals surface area contributed by atoms with Crippen LogP contribution in [0, 0.1) is 10.1 Å². The maximum Gasteiger partial charge on any atom is 0.270 e. The van der Waals surface area contributed by atoms with E-state index in [1.54, 1.807) is 24.3 Å². The minimum atomic E-state index is -0.454. The van der Waals surface area contributed by atoms with Gasteiger partial charge in [-0.2, -0.15) is 5.10 Å². The zero-order chi connectivity index (χ0) is 12.7. The molecule has 7 nitrogen and oxygen atoms in total. The summed E-state index contributed by atoms with van der Waals surface area (Å²) in [4.78, 5) is 10.1. The molecule has 0 bridgehead atoms. The molecule has 0 saturated carbocycles. The van der Waals surface area contributed by atoms with Crippen LogP contribution in [0.25, 0.3) is 6.08 Å². The van der Waals surface area contributed by atoms with Crippen LogP contribution in [0.2, 0.25) is 0 Å². The lowest BCUT2D eigenvalue weighted by Gasteiger charge is -1.92. The van der Waals surface area contributed by atoms with Gasteiger partial charge in [0.2, 0.25) is 5.96 Å². The van der Waals surface area contributed by atoms with Crippen LogP contribution >= 0.6 is 0 Å². The van der Waals surface area contributed by atoms with Crippen molar-refractivity contribution in [1.29, 1.82) is 0 Å². The fourth-order valence-corrected chi connectivity index (χ4v) is 1.03. The highest BCUT2D eigenvalue weighted by atomic mass is 16.6. The summed E-state index contributed by atoms with van der Waals surface area (Å²) in [6.07, 6.45) is 4.60. The van der Waals surface area contributed by atoms with Crippen molar-refractivity contribution in [3.63, 3.8) is 0 Å². The Labute approximate surface area is 97.3 Å². The van der Waals surface area contributed by atoms with Gasteiger partial charge >= 0.3 is 0 Å². The molecule has 0 aromatic heterocycles. The molecule has 0 saturated heterocycles. The molecular weight excluding hydrogens is 222 g/mol. The quantitative estimate of drug-likeness (QED) is 0.347. The molecule has 0 aliphatic rings. The summed E-state index contributed by atoms with van der Waals surface area (Å²) in [5.74, 6) is -0.134. The minimum Gasteiger partial charge on any atom is -0.369 e. The summed E-state index contributed by atoms with van der Waals surface area (Å²) >= 11 is 0. The van der Waals surface area contributed by atoms with Crippen LogP contribution in [0.5, 0.6) is 0 Å². The lowest BCUT2D eigenvalue weighted by molar-refractivity contribution is -0.384. The number of benzene rings is 1. The predicted octanol–water partition coefficient (Wildman–Crippen LogP) is 0.867. The number of allylic oxidation sites excluding steroid dienone is 1. The number of rotatable bonds is 4. The SMILES string of the molecule is NC(N)=NN=CC=Cc1cccc([N+](=O)[O-])c1. The number of nitrogens with two attached hydrogens (primary N) is 2. The second-order valence-electron chi connectivity index (χ2n) is 3.00. The summed E-state index contributed by atoms with van der Waals surface area (Å²) in [7, 11) is 0. The van der Waals surface area contributed by atoms with Gasteiger partial charge in [0.1, 0.15) is 0 Å². The summed E-state index contributed by atoms with van der Waals surface area (Å²) in [5, 5.41) is 17.4. The van der Waals surface area contributed by atoms with E-state index >= 15 is 0 Å². The first kappa shape index (κ1) is 12.4. The second kappa shape index (κ2) is 6.01. The van der Waals surface area contributed by atoms with Crippen molar-refractivity contribution in [2.45, 2.75) is 0 Å². The molecule has 0 radical (unpaired) electrons. The van der Waals surface area contributed by atoms with E-state index in [9.17, 15) is 10.1 Å². The summed E-state index contributed by atoms with van der Waals surface area (Å²) in [6, 6.07) is 6.21. The Morgan fingerprint density at radius 3 is 2.82 bits per heavy atom. The number of nitrogens with zero attached hydrogens (tertiary/aromatic N) is 3. The monoisotopic (exact) mass is 233 g/mol. The van der Waals surface area contributed by atoms with E-state index in [0.717, 1.165) is 0 Å². The fraction of sp³-hybridized carbons (Fsp3) is 0. The van der Waals surface area contributed by atoms with Crippen LogP contribution in [-0.2, 0) is 0 Å². The molecule has 0 amide bonds. The maximum absolute atomic E-state index is 10.5. The van der Waals surface area contributed by atoms with Gasteiger partial charge in [0, 0.05) is 18.3 Å². The third kappa shape index (κ3) is 4.56. The van der Waals surface area contributed by atoms with Crippen molar-refractivity contribution < 1.29 is 4.92 Å². The normalized spacial score (nSPS) is 10.8. The molecule has 4 N–H and O–H groups in total. The number of guanidine groups is 1. The van der Waals surface area contributed by atoms with Crippen LogP contribution < -0.4 is 11.5 Å². The Balaban J connectivity index is 2.72. The first-order valence-corrected chi connectivity index (χ1v) is 4.62. The average Bonchev–Trinajstić information content (AvgIpc) is 2.28. The molecule has 0 atom stereocenters. The highest BCUT2D eigenvalue weighted by Gasteiger charge is 2.02. The largest absolute Gasteiger partial charge is 0.369 e. The van der Waals surface area contributed by atoms with Crippen LogP contribution in [0.15, 0.2) is 40.5 Å². The molecule has 0 aliphatic heterocycles. The van der Waals surface area contributed by atoms with Gasteiger partial charge in [-0.1, -0.05) is 18.2 Å². The van der Waals surface area contributed by atoms with Gasteiger partial charge in [-0.05, 0) is 11.6 Å². The van der Waals surface area contributed by atoms with Crippen molar-refractivity contribution in [1.82, 2.24) is 0 Å². The van der Waals surface area contributed by atoms with Crippen LogP contribution in [0.1, 0.15) is 5.56 Å². The third-order valence-electron chi connectivity index (χ3n) is 1.70. The average molecular weight is 233 g/mol. The zero-order valence-corrected chi connectivity index (χ0v) is 8.85. The van der Waals surface area contributed by atoms with Crippen LogP contribution in [0.3, 0.4) is 0 Å². The van der Waals surface area contributed by atoms with Gasteiger partial charge in [0.25, 0.3) is 5.69 Å². The first-order chi connectivity index (χ1) is 8.09. The smallest absolute Gasteiger partial charge is 0.270 e. The summed E-state index contributed by atoms with van der Waals surface area (Å²) in [5.41, 5.74) is 10.8. The maximum atomic E-state index is 10.5. The van der Waals surface area contributed by atoms with E-state index in [1.165, 1.54) is 18.3 Å². The van der Waals surface area contributed by atoms with E-state index in [4.69, 9.17) is 11.5 Å². The first-order valence-electron chi connectivity index (χ1n) is 4.62. The standard InChI is InChI=1S/C10H11N5O2/c11-10(12)14-13-6-2-4-8-3-1-5-9(7-8)15(16)17/h1-7H,(H4,11,12,14). The highest BCUT2D eigenvalue weighted by Crippen LogP contribution is 2.13. The fourth-order valence-electron chi connectivity index (χ4n) is 1.03. The Morgan fingerprint density at radius 2 is 2.18 bits per heavy atom. The molecule has 0 spiro atoms. The van der Waals surface area contributed by atoms with Crippen molar-refractivity contribution in [2.75, 3.05) is 0 Å². The lowest BCUT2D eigenvalue weighted by Crippen LogP contribution is -2.21. The molecule has 0 heterocycles. The van der Waals surface area contributed by atoms with E-state index in [1.807, 2.05) is 0 Å². The lowest BCUT2D eigenvalue weighted by atomic mass is 10.2. The topological polar surface area (TPSA) is 120 Å². The molecule has 1 rings (SSSR count). The predicted molar refractivity (Wildman–Crippen MR) is 66.4 cm³/mol. The number of hydrogen-bond donors (Lipinski definition) is 2. The molecule has 1 aromatic carbocycles. The number of nitro benzene ring substituents is 1. The van der Waals surface area contributed by atoms with E-state index < -0.39 is 4.92 Å². The van der Waals surface area contributed by atoms with Crippen molar-refractivity contribution >= 4 is 23.9 Å². The Hall–Kier alpha value is -2.70. The second-order valence-corrected chi connectivity index (χ2v) is 3.00. The number of nitro groups is 1. The number of hydrogen-bond acceptors (Lipinski definition) is 4. The van der Waals surface area contributed by atoms with E-state index in [2.05, 4.69) is 10.2 Å². The van der Waals surface area contributed by atoms with E-state index in [0.29, 0.717) is 5.56 Å². The molecular formula is C10H11N5O2. The molecule has 1 aromatic rings.